The number of imide groups is 1. The molecule has 68 valence electrons. The summed E-state index contributed by atoms with van der Waals surface area (Å²) >= 11 is 2.16. The standard InChI is InChI=1S/C8H12INO2/c1-3-5-6(4-9)8(12)10(2)7(5)11/h5-6H,3-4H2,1-2H3/t5?,6-/m1/s1. The molecule has 0 aromatic rings. The van der Waals surface area contributed by atoms with Gasteiger partial charge in [0, 0.05) is 11.5 Å². The van der Waals surface area contributed by atoms with E-state index in [9.17, 15) is 9.59 Å². The lowest BCUT2D eigenvalue weighted by atomic mass is 9.95. The van der Waals surface area contributed by atoms with Crippen molar-refractivity contribution in [3.05, 3.63) is 0 Å². The molecule has 1 rings (SSSR count). The van der Waals surface area contributed by atoms with Crippen molar-refractivity contribution in [1.82, 2.24) is 4.90 Å². The van der Waals surface area contributed by atoms with Crippen LogP contribution in [0.25, 0.3) is 0 Å². The summed E-state index contributed by atoms with van der Waals surface area (Å²) in [7, 11) is 1.57. The average Bonchev–Trinajstić information content (AvgIpc) is 2.29. The number of halogens is 1. The van der Waals surface area contributed by atoms with E-state index < -0.39 is 0 Å². The van der Waals surface area contributed by atoms with Crippen LogP contribution in [0, 0.1) is 11.8 Å². The predicted octanol–water partition coefficient (Wildman–Crippen LogP) is 1.06. The Morgan fingerprint density at radius 1 is 1.33 bits per heavy atom. The molecule has 0 aliphatic carbocycles. The van der Waals surface area contributed by atoms with Crippen LogP contribution in [0.4, 0.5) is 0 Å². The SMILES string of the molecule is CCC1C(=O)N(C)C(=O)[C@@H]1CI. The van der Waals surface area contributed by atoms with Gasteiger partial charge in [-0.05, 0) is 6.42 Å². The lowest BCUT2D eigenvalue weighted by Gasteiger charge is -2.08. The van der Waals surface area contributed by atoms with Crippen LogP contribution in [0.2, 0.25) is 0 Å². The molecule has 0 spiro atoms. The van der Waals surface area contributed by atoms with Crippen LogP contribution in [0.3, 0.4) is 0 Å². The second kappa shape index (κ2) is 3.72. The Morgan fingerprint density at radius 2 is 1.83 bits per heavy atom. The highest BCUT2D eigenvalue weighted by atomic mass is 127. The molecule has 12 heavy (non-hydrogen) atoms. The zero-order chi connectivity index (χ0) is 9.30. The highest BCUT2D eigenvalue weighted by molar-refractivity contribution is 14.1. The molecule has 1 aliphatic rings. The molecule has 4 heteroatoms. The summed E-state index contributed by atoms with van der Waals surface area (Å²) in [6.45, 7) is 1.95. The van der Waals surface area contributed by atoms with Gasteiger partial charge in [-0.3, -0.25) is 14.5 Å². The Balaban J connectivity index is 2.87. The van der Waals surface area contributed by atoms with Crippen molar-refractivity contribution in [1.29, 1.82) is 0 Å². The van der Waals surface area contributed by atoms with Crippen LogP contribution in [0.1, 0.15) is 13.3 Å². The Bertz CT molecular complexity index is 195. The number of carbonyl (C=O) groups is 2. The lowest BCUT2D eigenvalue weighted by molar-refractivity contribution is -0.138. The van der Waals surface area contributed by atoms with Crippen molar-refractivity contribution in [2.24, 2.45) is 11.8 Å². The van der Waals surface area contributed by atoms with E-state index in [1.807, 2.05) is 6.92 Å². The molecule has 2 atom stereocenters. The number of hydrogen-bond donors (Lipinski definition) is 0. The molecular weight excluding hydrogens is 269 g/mol. The van der Waals surface area contributed by atoms with E-state index in [4.69, 9.17) is 0 Å². The first kappa shape index (κ1) is 9.95. The van der Waals surface area contributed by atoms with Gasteiger partial charge in [0.05, 0.1) is 11.8 Å². The number of nitrogens with zero attached hydrogens (tertiary/aromatic N) is 1. The van der Waals surface area contributed by atoms with Crippen LogP contribution in [-0.2, 0) is 9.59 Å². The third-order valence-electron chi connectivity index (χ3n) is 2.39. The Morgan fingerprint density at radius 3 is 2.17 bits per heavy atom. The van der Waals surface area contributed by atoms with Gasteiger partial charge in [-0.2, -0.15) is 0 Å². The Hall–Kier alpha value is -0.130. The molecule has 0 radical (unpaired) electrons. The van der Waals surface area contributed by atoms with E-state index in [-0.39, 0.29) is 23.7 Å². The van der Waals surface area contributed by atoms with Gasteiger partial charge in [0.1, 0.15) is 0 Å². The number of rotatable bonds is 2. The van der Waals surface area contributed by atoms with Crippen molar-refractivity contribution in [2.45, 2.75) is 13.3 Å². The van der Waals surface area contributed by atoms with Gasteiger partial charge in [0.25, 0.3) is 0 Å². The monoisotopic (exact) mass is 281 g/mol. The second-order valence-electron chi connectivity index (χ2n) is 3.01. The van der Waals surface area contributed by atoms with E-state index >= 15 is 0 Å². The maximum absolute atomic E-state index is 11.4. The quantitative estimate of drug-likeness (QED) is 0.431. The van der Waals surface area contributed by atoms with Crippen molar-refractivity contribution < 1.29 is 9.59 Å². The molecule has 1 unspecified atom stereocenters. The predicted molar refractivity (Wildman–Crippen MR) is 53.9 cm³/mol. The minimum absolute atomic E-state index is 0.0100. The van der Waals surface area contributed by atoms with E-state index in [0.717, 1.165) is 10.8 Å². The molecule has 0 bridgehead atoms. The lowest BCUT2D eigenvalue weighted by Crippen LogP contribution is -2.26. The van der Waals surface area contributed by atoms with Crippen LogP contribution in [0.15, 0.2) is 0 Å². The zero-order valence-corrected chi connectivity index (χ0v) is 9.37. The van der Waals surface area contributed by atoms with Gasteiger partial charge in [-0.25, -0.2) is 0 Å². The Labute approximate surface area is 85.6 Å². The Kier molecular flexibility index (Phi) is 3.09. The van der Waals surface area contributed by atoms with Gasteiger partial charge in [-0.1, -0.05) is 29.5 Å². The number of amides is 2. The highest BCUT2D eigenvalue weighted by Gasteiger charge is 2.43. The second-order valence-corrected chi connectivity index (χ2v) is 3.89. The summed E-state index contributed by atoms with van der Waals surface area (Å²) in [4.78, 5) is 24.1. The summed E-state index contributed by atoms with van der Waals surface area (Å²) in [5.74, 6) is -0.169. The van der Waals surface area contributed by atoms with Crippen molar-refractivity contribution in [3.8, 4) is 0 Å². The van der Waals surface area contributed by atoms with Gasteiger partial charge >= 0.3 is 0 Å². The van der Waals surface area contributed by atoms with Crippen molar-refractivity contribution >= 4 is 34.4 Å². The number of alkyl halides is 1. The first-order valence-electron chi connectivity index (χ1n) is 4.00. The molecule has 2 amide bonds. The fourth-order valence-corrected chi connectivity index (χ4v) is 2.57. The maximum atomic E-state index is 11.4. The van der Waals surface area contributed by atoms with Crippen LogP contribution >= 0.6 is 22.6 Å². The van der Waals surface area contributed by atoms with Crippen molar-refractivity contribution in [3.63, 3.8) is 0 Å². The first-order chi connectivity index (χ1) is 5.63. The van der Waals surface area contributed by atoms with Crippen LogP contribution in [0.5, 0.6) is 0 Å². The van der Waals surface area contributed by atoms with E-state index in [0.29, 0.717) is 0 Å². The third kappa shape index (κ3) is 1.36. The molecule has 0 aromatic heterocycles. The zero-order valence-electron chi connectivity index (χ0n) is 7.21. The summed E-state index contributed by atoms with van der Waals surface area (Å²) < 4.78 is 0.741. The normalized spacial score (nSPS) is 30.1. The summed E-state index contributed by atoms with van der Waals surface area (Å²) in [5.41, 5.74) is 0. The molecule has 0 N–H and O–H groups in total. The molecule has 1 fully saturated rings. The van der Waals surface area contributed by atoms with Crippen LogP contribution < -0.4 is 0 Å². The minimum Gasteiger partial charge on any atom is -0.285 e. The number of likely N-dealkylation sites (tertiary alicyclic amines) is 1. The van der Waals surface area contributed by atoms with E-state index in [2.05, 4.69) is 22.6 Å². The van der Waals surface area contributed by atoms with E-state index in [1.165, 1.54) is 4.90 Å². The summed E-state index contributed by atoms with van der Waals surface area (Å²) in [6, 6.07) is 0. The fourth-order valence-electron chi connectivity index (χ4n) is 1.58. The van der Waals surface area contributed by atoms with Crippen LogP contribution in [-0.4, -0.2) is 28.2 Å². The van der Waals surface area contributed by atoms with Gasteiger partial charge in [0.15, 0.2) is 0 Å². The number of hydrogen-bond acceptors (Lipinski definition) is 2. The number of carbonyl (C=O) groups excluding carboxylic acids is 2. The fraction of sp³-hybridized carbons (Fsp3) is 0.750. The van der Waals surface area contributed by atoms with Gasteiger partial charge < -0.3 is 0 Å². The maximum Gasteiger partial charge on any atom is 0.233 e. The van der Waals surface area contributed by atoms with E-state index in [1.54, 1.807) is 7.05 Å². The van der Waals surface area contributed by atoms with Gasteiger partial charge in [-0.15, -0.1) is 0 Å². The first-order valence-corrected chi connectivity index (χ1v) is 5.53. The average molecular weight is 281 g/mol. The molecule has 3 nitrogen and oxygen atoms in total. The summed E-state index contributed by atoms with van der Waals surface area (Å²) in [6.07, 6.45) is 0.766. The third-order valence-corrected chi connectivity index (χ3v) is 3.34. The molecule has 0 aromatic carbocycles. The van der Waals surface area contributed by atoms with Gasteiger partial charge in [0.2, 0.25) is 11.8 Å². The molecule has 0 saturated carbocycles. The smallest absolute Gasteiger partial charge is 0.233 e. The van der Waals surface area contributed by atoms with Crippen molar-refractivity contribution in [2.75, 3.05) is 11.5 Å². The summed E-state index contributed by atoms with van der Waals surface area (Å²) in [5, 5.41) is 0. The minimum atomic E-state index is -0.0758. The molecule has 1 saturated heterocycles. The molecule has 1 heterocycles. The largest absolute Gasteiger partial charge is 0.285 e. The molecular formula is C8H12INO2. The topological polar surface area (TPSA) is 37.4 Å². The highest BCUT2D eigenvalue weighted by Crippen LogP contribution is 2.28. The molecule has 1 aliphatic heterocycles.